The molecular formula is C20H24N2O3S. The predicted octanol–water partition coefficient (Wildman–Crippen LogP) is 3.35. The highest BCUT2D eigenvalue weighted by atomic mass is 32.2. The van der Waals surface area contributed by atoms with Gasteiger partial charge in [-0.1, -0.05) is 25.1 Å². The summed E-state index contributed by atoms with van der Waals surface area (Å²) >= 11 is 0. The third-order valence-electron chi connectivity index (χ3n) is 4.79. The van der Waals surface area contributed by atoms with Crippen LogP contribution in [0.4, 0.5) is 5.69 Å². The Balaban J connectivity index is 1.93. The first kappa shape index (κ1) is 18.6. The molecule has 1 N–H and O–H groups in total. The van der Waals surface area contributed by atoms with Crippen molar-refractivity contribution in [1.82, 2.24) is 4.72 Å². The van der Waals surface area contributed by atoms with E-state index in [0.717, 1.165) is 17.7 Å². The van der Waals surface area contributed by atoms with Gasteiger partial charge in [-0.15, -0.1) is 0 Å². The molecule has 2 atom stereocenters. The van der Waals surface area contributed by atoms with E-state index in [9.17, 15) is 13.2 Å². The first-order valence-electron chi connectivity index (χ1n) is 8.87. The molecule has 1 aliphatic rings. The molecule has 6 heteroatoms. The van der Waals surface area contributed by atoms with Gasteiger partial charge >= 0.3 is 0 Å². The highest BCUT2D eigenvalue weighted by Gasteiger charge is 2.32. The van der Waals surface area contributed by atoms with Gasteiger partial charge in [0.1, 0.15) is 0 Å². The van der Waals surface area contributed by atoms with Gasteiger partial charge in [-0.25, -0.2) is 13.1 Å². The Morgan fingerprint density at radius 2 is 1.92 bits per heavy atom. The minimum absolute atomic E-state index is 0.0156. The smallest absolute Gasteiger partial charge is 0.258 e. The lowest BCUT2D eigenvalue weighted by Crippen LogP contribution is -2.35. The molecule has 5 nitrogen and oxygen atoms in total. The molecule has 2 aromatic carbocycles. The van der Waals surface area contributed by atoms with Gasteiger partial charge in [-0.3, -0.25) is 4.79 Å². The molecule has 1 amide bonds. The number of carbonyl (C=O) groups excluding carboxylic acids is 1. The lowest BCUT2D eigenvalue weighted by molar-refractivity contribution is 0.0981. The molecule has 0 unspecified atom stereocenters. The van der Waals surface area contributed by atoms with Gasteiger partial charge in [0.15, 0.2) is 0 Å². The van der Waals surface area contributed by atoms with Crippen LogP contribution >= 0.6 is 0 Å². The van der Waals surface area contributed by atoms with Gasteiger partial charge in [-0.05, 0) is 62.6 Å². The van der Waals surface area contributed by atoms with E-state index in [1.807, 2.05) is 39.0 Å². The maximum Gasteiger partial charge on any atom is 0.258 e. The number of nitrogens with zero attached hydrogens (tertiary/aromatic N) is 1. The molecule has 0 fully saturated rings. The summed E-state index contributed by atoms with van der Waals surface area (Å²) in [6.45, 7) is 5.75. The quantitative estimate of drug-likeness (QED) is 0.875. The molecule has 0 radical (unpaired) electrons. The fraction of sp³-hybridized carbons (Fsp3) is 0.350. The standard InChI is InChI=1S/C20H24N2O3S/c1-4-14(2)21-26(24,25)18-10-11-19-17(13-18)12-15(3)22(19)20(23)16-8-6-5-7-9-16/h5-11,13-15,21H,4,12H2,1-3H3/t14-,15-/m1/s1. The summed E-state index contributed by atoms with van der Waals surface area (Å²) in [4.78, 5) is 14.9. The summed E-state index contributed by atoms with van der Waals surface area (Å²) in [5, 5.41) is 0. The number of benzene rings is 2. The number of sulfonamides is 1. The van der Waals surface area contributed by atoms with Crippen LogP contribution in [0.15, 0.2) is 53.4 Å². The predicted molar refractivity (Wildman–Crippen MR) is 103 cm³/mol. The molecule has 0 aliphatic carbocycles. The van der Waals surface area contributed by atoms with Crippen LogP contribution in [0, 0.1) is 0 Å². The van der Waals surface area contributed by atoms with E-state index >= 15 is 0 Å². The number of fused-ring (bicyclic) bond motifs is 1. The molecule has 0 bridgehead atoms. The average Bonchev–Trinajstić information content (AvgIpc) is 2.96. The largest absolute Gasteiger partial charge is 0.305 e. The van der Waals surface area contributed by atoms with E-state index in [1.54, 1.807) is 35.2 Å². The minimum atomic E-state index is -3.55. The van der Waals surface area contributed by atoms with Crippen LogP contribution in [0.5, 0.6) is 0 Å². The molecule has 26 heavy (non-hydrogen) atoms. The van der Waals surface area contributed by atoms with Gasteiger partial charge in [-0.2, -0.15) is 0 Å². The zero-order valence-corrected chi connectivity index (χ0v) is 16.1. The minimum Gasteiger partial charge on any atom is -0.305 e. The summed E-state index contributed by atoms with van der Waals surface area (Å²) in [5.41, 5.74) is 2.30. The first-order chi connectivity index (χ1) is 12.3. The highest BCUT2D eigenvalue weighted by Crippen LogP contribution is 2.35. The van der Waals surface area contributed by atoms with Crippen LogP contribution in [-0.2, 0) is 16.4 Å². The van der Waals surface area contributed by atoms with Crippen molar-refractivity contribution in [3.05, 3.63) is 59.7 Å². The Morgan fingerprint density at radius 1 is 1.23 bits per heavy atom. The third-order valence-corrected chi connectivity index (χ3v) is 6.37. The van der Waals surface area contributed by atoms with Gasteiger partial charge in [0, 0.05) is 23.3 Å². The second-order valence-corrected chi connectivity index (χ2v) is 8.53. The topological polar surface area (TPSA) is 66.5 Å². The van der Waals surface area contributed by atoms with E-state index in [2.05, 4.69) is 4.72 Å². The summed E-state index contributed by atoms with van der Waals surface area (Å²) in [6.07, 6.45) is 1.36. The van der Waals surface area contributed by atoms with Crippen molar-refractivity contribution in [2.45, 2.75) is 50.6 Å². The Hall–Kier alpha value is -2.18. The molecule has 0 spiro atoms. The van der Waals surface area contributed by atoms with Crippen molar-refractivity contribution in [2.24, 2.45) is 0 Å². The lowest BCUT2D eigenvalue weighted by atomic mass is 10.1. The Kier molecular flexibility index (Phi) is 5.16. The van der Waals surface area contributed by atoms with E-state index in [4.69, 9.17) is 0 Å². The summed E-state index contributed by atoms with van der Waals surface area (Å²) < 4.78 is 27.7. The normalized spacial score (nSPS) is 17.8. The van der Waals surface area contributed by atoms with Crippen LogP contribution in [-0.4, -0.2) is 26.4 Å². The monoisotopic (exact) mass is 372 g/mol. The number of carbonyl (C=O) groups is 1. The maximum atomic E-state index is 12.9. The first-order valence-corrected chi connectivity index (χ1v) is 10.4. The maximum absolute atomic E-state index is 12.9. The second kappa shape index (κ2) is 7.21. The van der Waals surface area contributed by atoms with E-state index in [1.165, 1.54) is 0 Å². The van der Waals surface area contributed by atoms with Crippen LogP contribution < -0.4 is 9.62 Å². The number of anilines is 1. The number of rotatable bonds is 5. The molecule has 0 aromatic heterocycles. The molecule has 0 saturated heterocycles. The third kappa shape index (κ3) is 3.52. The molecule has 138 valence electrons. The van der Waals surface area contributed by atoms with Gasteiger partial charge in [0.05, 0.1) is 4.90 Å². The Bertz CT molecular complexity index is 910. The molecule has 3 rings (SSSR count). The summed E-state index contributed by atoms with van der Waals surface area (Å²) in [7, 11) is -3.55. The van der Waals surface area contributed by atoms with Crippen molar-refractivity contribution in [1.29, 1.82) is 0 Å². The molecule has 0 saturated carbocycles. The Labute approximate surface area is 155 Å². The molecule has 1 aliphatic heterocycles. The van der Waals surface area contributed by atoms with Crippen LogP contribution in [0.3, 0.4) is 0 Å². The summed E-state index contributed by atoms with van der Waals surface area (Å²) in [6, 6.07) is 14.0. The summed E-state index contributed by atoms with van der Waals surface area (Å²) in [5.74, 6) is -0.0646. The zero-order valence-electron chi connectivity index (χ0n) is 15.3. The fourth-order valence-corrected chi connectivity index (χ4v) is 4.60. The van der Waals surface area contributed by atoms with Gasteiger partial charge < -0.3 is 4.90 Å². The van der Waals surface area contributed by atoms with E-state index < -0.39 is 10.0 Å². The van der Waals surface area contributed by atoms with Crippen LogP contribution in [0.25, 0.3) is 0 Å². The van der Waals surface area contributed by atoms with E-state index in [0.29, 0.717) is 12.0 Å². The molecular weight excluding hydrogens is 348 g/mol. The van der Waals surface area contributed by atoms with Crippen molar-refractivity contribution in [2.75, 3.05) is 4.90 Å². The fourth-order valence-electron chi connectivity index (χ4n) is 3.22. The SMILES string of the molecule is CC[C@@H](C)NS(=O)(=O)c1ccc2c(c1)C[C@@H](C)N2C(=O)c1ccccc1. The van der Waals surface area contributed by atoms with E-state index in [-0.39, 0.29) is 22.9 Å². The zero-order chi connectivity index (χ0) is 18.9. The van der Waals surface area contributed by atoms with Crippen LogP contribution in [0.1, 0.15) is 43.1 Å². The van der Waals surface area contributed by atoms with Crippen molar-refractivity contribution < 1.29 is 13.2 Å². The van der Waals surface area contributed by atoms with Crippen molar-refractivity contribution in [3.8, 4) is 0 Å². The molecule has 2 aromatic rings. The van der Waals surface area contributed by atoms with Crippen molar-refractivity contribution >= 4 is 21.6 Å². The molecule has 1 heterocycles. The highest BCUT2D eigenvalue weighted by molar-refractivity contribution is 7.89. The van der Waals surface area contributed by atoms with Gasteiger partial charge in [0.2, 0.25) is 10.0 Å². The number of hydrogen-bond donors (Lipinski definition) is 1. The number of amides is 1. The number of nitrogens with one attached hydrogen (secondary N) is 1. The van der Waals surface area contributed by atoms with Gasteiger partial charge in [0.25, 0.3) is 5.91 Å². The van der Waals surface area contributed by atoms with Crippen LogP contribution in [0.2, 0.25) is 0 Å². The lowest BCUT2D eigenvalue weighted by Gasteiger charge is -2.23. The number of hydrogen-bond acceptors (Lipinski definition) is 3. The average molecular weight is 372 g/mol. The van der Waals surface area contributed by atoms with Crippen molar-refractivity contribution in [3.63, 3.8) is 0 Å². The Morgan fingerprint density at radius 3 is 2.58 bits per heavy atom. The second-order valence-electron chi connectivity index (χ2n) is 6.82.